The molecule has 2 aromatic carbocycles. The van der Waals surface area contributed by atoms with E-state index in [0.717, 1.165) is 47.1 Å². The molecule has 0 spiro atoms. The molecule has 0 fully saturated rings. The van der Waals surface area contributed by atoms with Crippen LogP contribution in [0.15, 0.2) is 42.6 Å². The van der Waals surface area contributed by atoms with Gasteiger partial charge in [-0.3, -0.25) is 4.79 Å². The number of fused-ring (bicyclic) bond motifs is 4. The number of aromatic amines is 2. The van der Waals surface area contributed by atoms with Crippen LogP contribution in [-0.4, -0.2) is 23.0 Å². The second kappa shape index (κ2) is 6.60. The van der Waals surface area contributed by atoms with Crippen molar-refractivity contribution in [3.63, 3.8) is 0 Å². The second-order valence-electron chi connectivity index (χ2n) is 7.24. The van der Waals surface area contributed by atoms with E-state index in [0.29, 0.717) is 10.6 Å². The molecule has 1 aliphatic carbocycles. The Hall–Kier alpha value is -2.92. The van der Waals surface area contributed by atoms with Gasteiger partial charge in [0.15, 0.2) is 0 Å². The van der Waals surface area contributed by atoms with Crippen LogP contribution in [0.3, 0.4) is 0 Å². The molecule has 5 nitrogen and oxygen atoms in total. The van der Waals surface area contributed by atoms with Crippen LogP contribution in [0.4, 0.5) is 0 Å². The smallest absolute Gasteiger partial charge is 0.253 e. The van der Waals surface area contributed by atoms with Gasteiger partial charge in [-0.2, -0.15) is 0 Å². The van der Waals surface area contributed by atoms with Gasteiger partial charge in [0.2, 0.25) is 0 Å². The number of carbonyl (C=O) groups excluding carboxylic acids is 1. The molecule has 5 rings (SSSR count). The lowest BCUT2D eigenvalue weighted by molar-refractivity contribution is 0.0933. The van der Waals surface area contributed by atoms with Gasteiger partial charge in [0.05, 0.1) is 18.7 Å². The normalized spacial score (nSPS) is 16.3. The van der Waals surface area contributed by atoms with Crippen molar-refractivity contribution in [3.8, 4) is 5.75 Å². The molecular formula is C22H20ClN3O2. The molecule has 0 radical (unpaired) electrons. The first-order valence-electron chi connectivity index (χ1n) is 9.40. The van der Waals surface area contributed by atoms with Gasteiger partial charge in [-0.15, -0.1) is 0 Å². The molecule has 2 heterocycles. The van der Waals surface area contributed by atoms with Crippen molar-refractivity contribution >= 4 is 39.3 Å². The minimum Gasteiger partial charge on any atom is -0.497 e. The Morgan fingerprint density at radius 1 is 1.18 bits per heavy atom. The molecule has 0 saturated carbocycles. The quantitative estimate of drug-likeness (QED) is 0.452. The number of amides is 1. The van der Waals surface area contributed by atoms with E-state index in [1.807, 2.05) is 24.3 Å². The number of benzene rings is 2. The summed E-state index contributed by atoms with van der Waals surface area (Å²) in [4.78, 5) is 19.7. The fraction of sp³-hybridized carbons (Fsp3) is 0.227. The number of methoxy groups -OCH3 is 1. The Bertz CT molecular complexity index is 1210. The van der Waals surface area contributed by atoms with Crippen molar-refractivity contribution in [2.24, 2.45) is 0 Å². The van der Waals surface area contributed by atoms with Crippen LogP contribution in [0.5, 0.6) is 5.75 Å². The predicted molar refractivity (Wildman–Crippen MR) is 111 cm³/mol. The Labute approximate surface area is 167 Å². The average molecular weight is 394 g/mol. The van der Waals surface area contributed by atoms with Crippen LogP contribution in [0.2, 0.25) is 5.02 Å². The number of carbonyl (C=O) groups is 1. The second-order valence-corrected chi connectivity index (χ2v) is 7.68. The first-order chi connectivity index (χ1) is 13.6. The summed E-state index contributed by atoms with van der Waals surface area (Å²) in [5.41, 5.74) is 4.95. The van der Waals surface area contributed by atoms with Gasteiger partial charge in [0.25, 0.3) is 5.91 Å². The molecule has 0 aliphatic heterocycles. The van der Waals surface area contributed by atoms with E-state index < -0.39 is 0 Å². The van der Waals surface area contributed by atoms with E-state index >= 15 is 0 Å². The third kappa shape index (κ3) is 2.74. The zero-order valence-corrected chi connectivity index (χ0v) is 16.2. The number of hydrogen-bond acceptors (Lipinski definition) is 2. The van der Waals surface area contributed by atoms with Gasteiger partial charge in [0, 0.05) is 38.7 Å². The molecule has 6 heteroatoms. The van der Waals surface area contributed by atoms with E-state index in [4.69, 9.17) is 16.3 Å². The van der Waals surface area contributed by atoms with Gasteiger partial charge in [0.1, 0.15) is 5.75 Å². The van der Waals surface area contributed by atoms with Crippen LogP contribution >= 0.6 is 11.6 Å². The summed E-state index contributed by atoms with van der Waals surface area (Å²) in [6.45, 7) is 0. The zero-order valence-electron chi connectivity index (χ0n) is 15.4. The highest BCUT2D eigenvalue weighted by Crippen LogP contribution is 2.36. The molecule has 2 aromatic heterocycles. The summed E-state index contributed by atoms with van der Waals surface area (Å²) in [5.74, 6) is 0.764. The van der Waals surface area contributed by atoms with Crippen molar-refractivity contribution in [1.29, 1.82) is 0 Å². The fourth-order valence-electron chi connectivity index (χ4n) is 4.24. The van der Waals surface area contributed by atoms with Crippen molar-refractivity contribution in [2.75, 3.05) is 7.11 Å². The molecule has 0 unspecified atom stereocenters. The number of aryl methyl sites for hydroxylation is 1. The van der Waals surface area contributed by atoms with Gasteiger partial charge < -0.3 is 20.0 Å². The highest BCUT2D eigenvalue weighted by atomic mass is 35.5. The van der Waals surface area contributed by atoms with Crippen LogP contribution < -0.4 is 10.1 Å². The van der Waals surface area contributed by atoms with Gasteiger partial charge >= 0.3 is 0 Å². The highest BCUT2D eigenvalue weighted by Gasteiger charge is 2.26. The SMILES string of the molecule is COc1ccc2[nH]c3c(c2c1)CCC[C@H]3NC(=O)c1c[nH]c2cc(Cl)ccc12. The molecule has 1 amide bonds. The monoisotopic (exact) mass is 393 g/mol. The largest absolute Gasteiger partial charge is 0.497 e. The number of ether oxygens (including phenoxy) is 1. The lowest BCUT2D eigenvalue weighted by atomic mass is 9.91. The standard InChI is InChI=1S/C22H20ClN3O2/c1-28-13-6-8-18-16(10-13)15-3-2-4-19(21(15)25-18)26-22(27)17-11-24-20-9-12(23)5-7-14(17)20/h5-11,19,24-25H,2-4H2,1H3,(H,26,27)/t19-/m1/s1. The van der Waals surface area contributed by atoms with Crippen molar-refractivity contribution in [3.05, 3.63) is 64.4 Å². The molecule has 0 bridgehead atoms. The maximum absolute atomic E-state index is 13.0. The summed E-state index contributed by atoms with van der Waals surface area (Å²) in [6.07, 6.45) is 4.69. The summed E-state index contributed by atoms with van der Waals surface area (Å²) >= 11 is 6.05. The maximum Gasteiger partial charge on any atom is 0.253 e. The topological polar surface area (TPSA) is 69.9 Å². The van der Waals surface area contributed by atoms with E-state index in [1.54, 1.807) is 19.4 Å². The molecule has 1 aliphatic rings. The number of rotatable bonds is 3. The van der Waals surface area contributed by atoms with Crippen molar-refractivity contribution in [2.45, 2.75) is 25.3 Å². The Balaban J connectivity index is 1.48. The van der Waals surface area contributed by atoms with E-state index in [-0.39, 0.29) is 11.9 Å². The number of H-pyrrole nitrogens is 2. The Morgan fingerprint density at radius 3 is 2.93 bits per heavy atom. The van der Waals surface area contributed by atoms with Crippen LogP contribution in [-0.2, 0) is 6.42 Å². The summed E-state index contributed by atoms with van der Waals surface area (Å²) in [6, 6.07) is 11.5. The van der Waals surface area contributed by atoms with Crippen LogP contribution in [0.25, 0.3) is 21.8 Å². The van der Waals surface area contributed by atoms with Gasteiger partial charge in [-0.1, -0.05) is 17.7 Å². The third-order valence-electron chi connectivity index (χ3n) is 5.61. The predicted octanol–water partition coefficient (Wildman–Crippen LogP) is 5.12. The first kappa shape index (κ1) is 17.2. The Kier molecular flexibility index (Phi) is 4.05. The fourth-order valence-corrected chi connectivity index (χ4v) is 4.41. The van der Waals surface area contributed by atoms with Crippen molar-refractivity contribution < 1.29 is 9.53 Å². The van der Waals surface area contributed by atoms with E-state index in [9.17, 15) is 4.79 Å². The van der Waals surface area contributed by atoms with Gasteiger partial charge in [-0.05, 0) is 55.2 Å². The zero-order chi connectivity index (χ0) is 19.3. The number of nitrogens with one attached hydrogen (secondary N) is 3. The van der Waals surface area contributed by atoms with Crippen LogP contribution in [0, 0.1) is 0 Å². The summed E-state index contributed by atoms with van der Waals surface area (Å²) in [7, 11) is 1.68. The number of halogens is 1. The molecule has 4 aromatic rings. The molecule has 0 saturated heterocycles. The molecule has 142 valence electrons. The molecule has 28 heavy (non-hydrogen) atoms. The maximum atomic E-state index is 13.0. The minimum absolute atomic E-state index is 0.0353. The lowest BCUT2D eigenvalue weighted by Gasteiger charge is -2.23. The number of hydrogen-bond donors (Lipinski definition) is 3. The molecule has 3 N–H and O–H groups in total. The Morgan fingerprint density at radius 2 is 2.07 bits per heavy atom. The van der Waals surface area contributed by atoms with Crippen molar-refractivity contribution in [1.82, 2.24) is 15.3 Å². The minimum atomic E-state index is -0.0809. The third-order valence-corrected chi connectivity index (χ3v) is 5.84. The highest BCUT2D eigenvalue weighted by molar-refractivity contribution is 6.31. The first-order valence-corrected chi connectivity index (χ1v) is 9.78. The summed E-state index contributed by atoms with van der Waals surface area (Å²) < 4.78 is 5.38. The summed E-state index contributed by atoms with van der Waals surface area (Å²) in [5, 5.41) is 5.91. The van der Waals surface area contributed by atoms with E-state index in [2.05, 4.69) is 21.4 Å². The lowest BCUT2D eigenvalue weighted by Crippen LogP contribution is -2.30. The number of aromatic nitrogens is 2. The van der Waals surface area contributed by atoms with E-state index in [1.165, 1.54) is 10.9 Å². The van der Waals surface area contributed by atoms with Crippen LogP contribution in [0.1, 0.15) is 40.5 Å². The molecular weight excluding hydrogens is 374 g/mol. The average Bonchev–Trinajstić information content (AvgIpc) is 3.29. The van der Waals surface area contributed by atoms with Gasteiger partial charge in [-0.25, -0.2) is 0 Å². The molecule has 1 atom stereocenters.